The van der Waals surface area contributed by atoms with Gasteiger partial charge in [-0.2, -0.15) is 0 Å². The summed E-state index contributed by atoms with van der Waals surface area (Å²) in [5.74, 6) is 0.364. The van der Waals surface area contributed by atoms with Crippen molar-refractivity contribution in [2.24, 2.45) is 0 Å². The molecule has 0 saturated carbocycles. The molecule has 2 aliphatic rings. The number of ketones is 1. The van der Waals surface area contributed by atoms with Gasteiger partial charge in [-0.05, 0) is 53.4 Å². The molecule has 0 unspecified atom stereocenters. The predicted molar refractivity (Wildman–Crippen MR) is 142 cm³/mol. The summed E-state index contributed by atoms with van der Waals surface area (Å²) in [6.07, 6.45) is 1.50. The minimum Gasteiger partial charge on any atom is -0.493 e. The number of nitrogens with one attached hydrogen (secondary N) is 1. The average molecular weight is 526 g/mol. The van der Waals surface area contributed by atoms with Crippen molar-refractivity contribution in [3.05, 3.63) is 93.0 Å². The lowest BCUT2D eigenvalue weighted by atomic mass is 9.85. The number of fused-ring (bicyclic) bond motifs is 4. The zero-order valence-corrected chi connectivity index (χ0v) is 21.3. The predicted octanol–water partition coefficient (Wildman–Crippen LogP) is 4.61. The lowest BCUT2D eigenvalue weighted by Gasteiger charge is -2.26. The van der Waals surface area contributed by atoms with Gasteiger partial charge in [0.1, 0.15) is 11.5 Å². The SMILES string of the molecule is COc1cc(/C=C2\Oc3c(ccc4c3[C@H](c3cc5ccccc5[nH]c3=O)CC(=O)O4)C2=O)cc(OC)c1OC. The molecule has 3 aromatic carbocycles. The molecule has 0 radical (unpaired) electrons. The molecule has 0 aliphatic carbocycles. The van der Waals surface area contributed by atoms with Crippen LogP contribution in [0.15, 0.2) is 65.2 Å². The number of carbonyl (C=O) groups is 2. The summed E-state index contributed by atoms with van der Waals surface area (Å²) in [6, 6.07) is 15.7. The monoisotopic (exact) mass is 525 g/mol. The number of para-hydroxylation sites is 1. The molecule has 9 heteroatoms. The van der Waals surface area contributed by atoms with Crippen molar-refractivity contribution in [3.63, 3.8) is 0 Å². The van der Waals surface area contributed by atoms with E-state index in [0.717, 1.165) is 5.39 Å². The summed E-state index contributed by atoms with van der Waals surface area (Å²) >= 11 is 0. The number of H-pyrrole nitrogens is 1. The number of rotatable bonds is 5. The maximum Gasteiger partial charge on any atom is 0.312 e. The first kappa shape index (κ1) is 24.3. The second-order valence-electron chi connectivity index (χ2n) is 9.12. The Labute approximate surface area is 222 Å². The molecule has 3 heterocycles. The van der Waals surface area contributed by atoms with Crippen molar-refractivity contribution in [3.8, 4) is 28.7 Å². The van der Waals surface area contributed by atoms with Gasteiger partial charge >= 0.3 is 5.97 Å². The number of methoxy groups -OCH3 is 3. The first-order chi connectivity index (χ1) is 18.9. The van der Waals surface area contributed by atoms with Crippen LogP contribution in [0.4, 0.5) is 0 Å². The number of Topliss-reactive ketones (excluding diaryl/α,β-unsaturated/α-hetero) is 1. The Balaban J connectivity index is 1.47. The zero-order chi connectivity index (χ0) is 27.3. The lowest BCUT2D eigenvalue weighted by molar-refractivity contribution is -0.135. The topological polar surface area (TPSA) is 113 Å². The molecule has 4 aromatic rings. The van der Waals surface area contributed by atoms with Gasteiger partial charge < -0.3 is 28.7 Å². The highest BCUT2D eigenvalue weighted by molar-refractivity contribution is 6.15. The smallest absolute Gasteiger partial charge is 0.312 e. The van der Waals surface area contributed by atoms with Crippen LogP contribution in [0.2, 0.25) is 0 Å². The summed E-state index contributed by atoms with van der Waals surface area (Å²) in [5, 5.41) is 0.820. The van der Waals surface area contributed by atoms with Gasteiger partial charge in [0.15, 0.2) is 17.3 Å². The number of hydrogen-bond acceptors (Lipinski definition) is 8. The second kappa shape index (κ2) is 9.36. The molecule has 2 aliphatic heterocycles. The van der Waals surface area contributed by atoms with Crippen molar-refractivity contribution in [2.75, 3.05) is 21.3 Å². The largest absolute Gasteiger partial charge is 0.493 e. The van der Waals surface area contributed by atoms with Crippen molar-refractivity contribution < 1.29 is 33.3 Å². The van der Waals surface area contributed by atoms with Crippen LogP contribution in [-0.2, 0) is 4.79 Å². The summed E-state index contributed by atoms with van der Waals surface area (Å²) in [6.45, 7) is 0. The van der Waals surface area contributed by atoms with E-state index in [0.29, 0.717) is 45.0 Å². The van der Waals surface area contributed by atoms with Crippen molar-refractivity contribution in [1.82, 2.24) is 4.98 Å². The maximum atomic E-state index is 13.4. The molecule has 196 valence electrons. The molecule has 0 saturated heterocycles. The van der Waals surface area contributed by atoms with Gasteiger partial charge in [0.05, 0.1) is 33.3 Å². The van der Waals surface area contributed by atoms with Crippen LogP contribution in [0, 0.1) is 0 Å². The van der Waals surface area contributed by atoms with E-state index < -0.39 is 11.9 Å². The molecule has 0 spiro atoms. The van der Waals surface area contributed by atoms with Crippen LogP contribution < -0.4 is 29.2 Å². The van der Waals surface area contributed by atoms with E-state index in [4.69, 9.17) is 23.7 Å². The zero-order valence-electron chi connectivity index (χ0n) is 21.3. The first-order valence-corrected chi connectivity index (χ1v) is 12.2. The second-order valence-corrected chi connectivity index (χ2v) is 9.12. The van der Waals surface area contributed by atoms with Gasteiger partial charge in [-0.1, -0.05) is 18.2 Å². The molecule has 1 aromatic heterocycles. The molecular weight excluding hydrogens is 502 g/mol. The Kier molecular flexibility index (Phi) is 5.83. The van der Waals surface area contributed by atoms with Gasteiger partial charge in [0, 0.05) is 22.6 Å². The summed E-state index contributed by atoms with van der Waals surface area (Å²) in [7, 11) is 4.51. The quantitative estimate of drug-likeness (QED) is 0.228. The lowest BCUT2D eigenvalue weighted by Crippen LogP contribution is -2.26. The third-order valence-electron chi connectivity index (χ3n) is 6.92. The third-order valence-corrected chi connectivity index (χ3v) is 6.92. The normalized spacial score (nSPS) is 16.9. The molecule has 6 rings (SSSR count). The van der Waals surface area contributed by atoms with Crippen molar-refractivity contribution in [1.29, 1.82) is 0 Å². The van der Waals surface area contributed by atoms with Gasteiger partial charge in [0.25, 0.3) is 5.56 Å². The number of hydrogen-bond donors (Lipinski definition) is 1. The number of pyridine rings is 1. The van der Waals surface area contributed by atoms with Crippen LogP contribution in [0.5, 0.6) is 28.7 Å². The van der Waals surface area contributed by atoms with Gasteiger partial charge in [-0.3, -0.25) is 14.4 Å². The average Bonchev–Trinajstić information content (AvgIpc) is 3.26. The first-order valence-electron chi connectivity index (χ1n) is 12.2. The molecular formula is C30H23NO8. The van der Waals surface area contributed by atoms with Crippen LogP contribution in [0.3, 0.4) is 0 Å². The molecule has 0 fully saturated rings. The van der Waals surface area contributed by atoms with E-state index in [1.54, 1.807) is 36.4 Å². The van der Waals surface area contributed by atoms with Crippen LogP contribution >= 0.6 is 0 Å². The Morgan fingerprint density at radius 1 is 0.897 bits per heavy atom. The van der Waals surface area contributed by atoms with Crippen molar-refractivity contribution in [2.45, 2.75) is 12.3 Å². The maximum absolute atomic E-state index is 13.4. The van der Waals surface area contributed by atoms with E-state index in [1.807, 2.05) is 24.3 Å². The van der Waals surface area contributed by atoms with Gasteiger partial charge in [-0.15, -0.1) is 0 Å². The third kappa shape index (κ3) is 3.99. The van der Waals surface area contributed by atoms with Crippen LogP contribution in [0.1, 0.15) is 39.4 Å². The van der Waals surface area contributed by atoms with E-state index >= 15 is 0 Å². The molecule has 1 N–H and O–H groups in total. The fraction of sp³-hybridized carbons (Fsp3) is 0.167. The fourth-order valence-corrected chi connectivity index (χ4v) is 5.13. The fourth-order valence-electron chi connectivity index (χ4n) is 5.13. The highest BCUT2D eigenvalue weighted by Gasteiger charge is 2.39. The standard InChI is InChI=1S/C30H23NO8/c1-35-23-11-15(12-24(36-2)29(23)37-3)10-22-27(33)17-8-9-21-26(28(17)39-22)18(14-25(32)38-21)19-13-16-6-4-5-7-20(16)31-30(19)34/h4-13,18H,14H2,1-3H3,(H,31,34)/b22-10-/t18-/m0/s1. The number of aromatic nitrogens is 1. The Morgan fingerprint density at radius 3 is 2.36 bits per heavy atom. The number of benzene rings is 3. The minimum absolute atomic E-state index is 0.0655. The summed E-state index contributed by atoms with van der Waals surface area (Å²) < 4.78 is 27.9. The number of allylic oxidation sites excluding steroid dienone is 1. The highest BCUT2D eigenvalue weighted by atomic mass is 16.5. The summed E-state index contributed by atoms with van der Waals surface area (Å²) in [5.41, 5.74) is 2.13. The number of carbonyl (C=O) groups excluding carboxylic acids is 2. The van der Waals surface area contributed by atoms with Gasteiger partial charge in [0.2, 0.25) is 11.5 Å². The number of esters is 1. The summed E-state index contributed by atoms with van der Waals surface area (Å²) in [4.78, 5) is 42.0. The molecule has 39 heavy (non-hydrogen) atoms. The number of ether oxygens (including phenoxy) is 5. The van der Waals surface area contributed by atoms with Crippen LogP contribution in [0.25, 0.3) is 17.0 Å². The number of aromatic amines is 1. The Bertz CT molecular complexity index is 1740. The molecule has 0 amide bonds. The Hall–Kier alpha value is -5.05. The van der Waals surface area contributed by atoms with E-state index in [-0.39, 0.29) is 35.0 Å². The van der Waals surface area contributed by atoms with E-state index in [1.165, 1.54) is 21.3 Å². The van der Waals surface area contributed by atoms with Crippen molar-refractivity contribution >= 4 is 28.7 Å². The molecule has 0 bridgehead atoms. The molecule has 9 nitrogen and oxygen atoms in total. The Morgan fingerprint density at radius 2 is 1.64 bits per heavy atom. The van der Waals surface area contributed by atoms with Crippen LogP contribution in [-0.4, -0.2) is 38.1 Å². The molecule has 1 atom stereocenters. The highest BCUT2D eigenvalue weighted by Crippen LogP contribution is 2.49. The van der Waals surface area contributed by atoms with Gasteiger partial charge in [-0.25, -0.2) is 0 Å². The van der Waals surface area contributed by atoms with E-state index in [9.17, 15) is 14.4 Å². The minimum atomic E-state index is -0.669. The van der Waals surface area contributed by atoms with E-state index in [2.05, 4.69) is 4.98 Å².